The molecule has 0 saturated carbocycles. The Morgan fingerprint density at radius 1 is 1.08 bits per heavy atom. The monoisotopic (exact) mass is 365 g/mol. The largest absolute Gasteiger partial charge is 0.462 e. The van der Waals surface area contributed by atoms with E-state index < -0.39 is 27.2 Å². The predicted octanol–water partition coefficient (Wildman–Crippen LogP) is 3.84. The molecule has 1 heterocycles. The summed E-state index contributed by atoms with van der Waals surface area (Å²) in [5, 5.41) is 23.1. The number of rotatable bonds is 7. The third-order valence-corrected chi connectivity index (χ3v) is 4.35. The molecule has 0 N–H and O–H groups in total. The summed E-state index contributed by atoms with van der Waals surface area (Å²) < 4.78 is 5.05. The zero-order chi connectivity index (χ0) is 19.1. The standard InChI is InChI=1S/C17H23N3O6/c1-2-3-10-26-17(21)13-11-14(19(22)23)16(15(12-13)20(24)25)18-8-6-4-5-7-9-18/h11-12H,2-10H2,1H3. The normalized spacial score (nSPS) is 14.6. The Labute approximate surface area is 151 Å². The second kappa shape index (κ2) is 9.12. The van der Waals surface area contributed by atoms with Crippen LogP contribution in [0.1, 0.15) is 55.8 Å². The average Bonchev–Trinajstić information content (AvgIpc) is 2.89. The van der Waals surface area contributed by atoms with Crippen LogP contribution in [0.15, 0.2) is 12.1 Å². The Bertz CT molecular complexity index is 648. The van der Waals surface area contributed by atoms with E-state index in [-0.39, 0.29) is 17.9 Å². The van der Waals surface area contributed by atoms with Crippen molar-refractivity contribution in [2.24, 2.45) is 0 Å². The Hall–Kier alpha value is -2.71. The van der Waals surface area contributed by atoms with Crippen molar-refractivity contribution >= 4 is 23.0 Å². The molecule has 0 amide bonds. The number of esters is 1. The molecule has 0 bridgehead atoms. The van der Waals surface area contributed by atoms with E-state index in [0.717, 1.165) is 44.2 Å². The van der Waals surface area contributed by atoms with E-state index in [1.54, 1.807) is 4.90 Å². The number of carbonyl (C=O) groups excluding carboxylic acids is 1. The zero-order valence-corrected chi connectivity index (χ0v) is 14.8. The minimum Gasteiger partial charge on any atom is -0.462 e. The Balaban J connectivity index is 2.47. The molecule has 1 aliphatic rings. The van der Waals surface area contributed by atoms with E-state index in [0.29, 0.717) is 19.5 Å². The van der Waals surface area contributed by atoms with Crippen LogP contribution in [0.2, 0.25) is 0 Å². The van der Waals surface area contributed by atoms with Crippen molar-refractivity contribution in [3.8, 4) is 0 Å². The van der Waals surface area contributed by atoms with E-state index in [1.165, 1.54) is 0 Å². The smallest absolute Gasteiger partial charge is 0.338 e. The van der Waals surface area contributed by atoms with Gasteiger partial charge in [0, 0.05) is 25.2 Å². The van der Waals surface area contributed by atoms with Crippen LogP contribution < -0.4 is 4.90 Å². The van der Waals surface area contributed by atoms with Crippen LogP contribution in [0.25, 0.3) is 0 Å². The third-order valence-electron chi connectivity index (χ3n) is 4.35. The van der Waals surface area contributed by atoms with Crippen molar-refractivity contribution in [1.82, 2.24) is 0 Å². The molecule has 26 heavy (non-hydrogen) atoms. The lowest BCUT2D eigenvalue weighted by Gasteiger charge is -2.22. The maximum absolute atomic E-state index is 12.1. The van der Waals surface area contributed by atoms with Gasteiger partial charge in [0.15, 0.2) is 5.69 Å². The topological polar surface area (TPSA) is 116 Å². The summed E-state index contributed by atoms with van der Waals surface area (Å²) in [7, 11) is 0. The summed E-state index contributed by atoms with van der Waals surface area (Å²) in [6.45, 7) is 3.13. The van der Waals surface area contributed by atoms with Gasteiger partial charge in [0.2, 0.25) is 0 Å². The van der Waals surface area contributed by atoms with Crippen LogP contribution in [0.3, 0.4) is 0 Å². The van der Waals surface area contributed by atoms with E-state index in [1.807, 2.05) is 6.92 Å². The number of nitro groups is 2. The van der Waals surface area contributed by atoms with Crippen molar-refractivity contribution in [1.29, 1.82) is 0 Å². The lowest BCUT2D eigenvalue weighted by Crippen LogP contribution is -2.26. The quantitative estimate of drug-likeness (QED) is 0.312. The first kappa shape index (κ1) is 19.6. The van der Waals surface area contributed by atoms with Crippen molar-refractivity contribution in [2.45, 2.75) is 45.4 Å². The van der Waals surface area contributed by atoms with Crippen molar-refractivity contribution in [3.63, 3.8) is 0 Å². The number of carbonyl (C=O) groups is 1. The Morgan fingerprint density at radius 2 is 1.62 bits per heavy atom. The average molecular weight is 365 g/mol. The number of anilines is 1. The van der Waals surface area contributed by atoms with Crippen molar-refractivity contribution < 1.29 is 19.4 Å². The molecule has 1 saturated heterocycles. The molecule has 142 valence electrons. The van der Waals surface area contributed by atoms with Crippen molar-refractivity contribution in [3.05, 3.63) is 37.9 Å². The molecule has 0 spiro atoms. The molecule has 0 unspecified atom stereocenters. The minimum atomic E-state index is -0.785. The van der Waals surface area contributed by atoms with E-state index in [4.69, 9.17) is 4.74 Å². The molecule has 1 aromatic rings. The molecular weight excluding hydrogens is 342 g/mol. The number of unbranched alkanes of at least 4 members (excludes halogenated alkanes) is 1. The molecule has 2 rings (SSSR count). The summed E-state index contributed by atoms with van der Waals surface area (Å²) in [4.78, 5) is 35.6. The van der Waals surface area contributed by atoms with Crippen LogP contribution in [-0.2, 0) is 4.74 Å². The Morgan fingerprint density at radius 3 is 2.08 bits per heavy atom. The van der Waals surface area contributed by atoms with Gasteiger partial charge in [0.1, 0.15) is 0 Å². The van der Waals surface area contributed by atoms with E-state index in [2.05, 4.69) is 0 Å². The van der Waals surface area contributed by atoms with Gasteiger partial charge in [-0.05, 0) is 19.3 Å². The number of ether oxygens (including phenoxy) is 1. The van der Waals surface area contributed by atoms with Crippen molar-refractivity contribution in [2.75, 3.05) is 24.6 Å². The maximum atomic E-state index is 12.1. The van der Waals surface area contributed by atoms with Gasteiger partial charge in [-0.1, -0.05) is 26.2 Å². The van der Waals surface area contributed by atoms with Gasteiger partial charge < -0.3 is 9.64 Å². The highest BCUT2D eigenvalue weighted by Crippen LogP contribution is 2.40. The summed E-state index contributed by atoms with van der Waals surface area (Å²) in [6.07, 6.45) is 5.08. The lowest BCUT2D eigenvalue weighted by atomic mass is 10.1. The SMILES string of the molecule is CCCCOC(=O)c1cc([N+](=O)[O-])c(N2CCCCCC2)c([N+](=O)[O-])c1. The third kappa shape index (κ3) is 4.68. The van der Waals surface area contributed by atoms with E-state index in [9.17, 15) is 25.0 Å². The Kier molecular flexibility index (Phi) is 6.88. The van der Waals surface area contributed by atoms with Gasteiger partial charge in [-0.25, -0.2) is 4.79 Å². The molecular formula is C17H23N3O6. The number of nitrogens with zero attached hydrogens (tertiary/aromatic N) is 3. The number of nitro benzene ring substituents is 2. The highest BCUT2D eigenvalue weighted by molar-refractivity contribution is 5.94. The molecule has 9 nitrogen and oxygen atoms in total. The minimum absolute atomic E-state index is 0.0213. The molecule has 0 aliphatic carbocycles. The highest BCUT2D eigenvalue weighted by atomic mass is 16.6. The fraction of sp³-hybridized carbons (Fsp3) is 0.588. The molecule has 1 aromatic carbocycles. The summed E-state index contributed by atoms with van der Waals surface area (Å²) in [5.41, 5.74) is -1.04. The molecule has 0 radical (unpaired) electrons. The molecule has 0 aromatic heterocycles. The van der Waals surface area contributed by atoms with Crippen LogP contribution in [-0.4, -0.2) is 35.5 Å². The van der Waals surface area contributed by atoms with Gasteiger partial charge in [-0.3, -0.25) is 20.2 Å². The molecule has 9 heteroatoms. The predicted molar refractivity (Wildman–Crippen MR) is 95.6 cm³/mol. The maximum Gasteiger partial charge on any atom is 0.338 e. The summed E-state index contributed by atoms with van der Waals surface area (Å²) in [5.74, 6) is -0.785. The number of hydrogen-bond donors (Lipinski definition) is 0. The fourth-order valence-corrected chi connectivity index (χ4v) is 3.01. The van der Waals surface area contributed by atoms with Gasteiger partial charge in [-0.15, -0.1) is 0 Å². The van der Waals surface area contributed by atoms with Gasteiger partial charge in [0.05, 0.1) is 22.0 Å². The first-order valence-corrected chi connectivity index (χ1v) is 8.84. The van der Waals surface area contributed by atoms with E-state index >= 15 is 0 Å². The first-order valence-electron chi connectivity index (χ1n) is 8.84. The van der Waals surface area contributed by atoms with Gasteiger partial charge in [-0.2, -0.15) is 0 Å². The van der Waals surface area contributed by atoms with Gasteiger partial charge in [0.25, 0.3) is 0 Å². The second-order valence-corrected chi connectivity index (χ2v) is 6.27. The molecule has 1 aliphatic heterocycles. The van der Waals surface area contributed by atoms with Gasteiger partial charge >= 0.3 is 17.3 Å². The summed E-state index contributed by atoms with van der Waals surface area (Å²) in [6, 6.07) is 2.17. The fourth-order valence-electron chi connectivity index (χ4n) is 3.01. The number of benzene rings is 1. The molecule has 0 atom stereocenters. The number of hydrogen-bond acceptors (Lipinski definition) is 7. The van der Waals surface area contributed by atoms with Crippen LogP contribution in [0.4, 0.5) is 17.1 Å². The first-order chi connectivity index (χ1) is 12.5. The molecule has 1 fully saturated rings. The second-order valence-electron chi connectivity index (χ2n) is 6.27. The van der Waals surface area contributed by atoms with Crippen LogP contribution in [0, 0.1) is 20.2 Å². The lowest BCUT2D eigenvalue weighted by molar-refractivity contribution is -0.392. The van der Waals surface area contributed by atoms with Crippen LogP contribution >= 0.6 is 0 Å². The summed E-state index contributed by atoms with van der Waals surface area (Å²) >= 11 is 0. The highest BCUT2D eigenvalue weighted by Gasteiger charge is 2.33. The zero-order valence-electron chi connectivity index (χ0n) is 14.8. The van der Waals surface area contributed by atoms with Crippen LogP contribution in [0.5, 0.6) is 0 Å².